The number of methoxy groups -OCH3 is 2. The lowest BCUT2D eigenvalue weighted by molar-refractivity contribution is -0.228. The average molecular weight is 787 g/mol. The number of carbonyl (C=O) groups excluding carboxylic acids is 2. The van der Waals surface area contributed by atoms with Crippen LogP contribution in [0.15, 0.2) is 48.6 Å². The minimum atomic E-state index is -2.16. The fourth-order valence-corrected chi connectivity index (χ4v) is 13.1. The molecule has 6 aliphatic rings. The topological polar surface area (TPSA) is 108 Å². The zero-order valence-electron chi connectivity index (χ0n) is 33.8. The molecule has 1 spiro atoms. The molecule has 10 atom stereocenters. The number of esters is 2. The highest BCUT2D eigenvalue weighted by molar-refractivity contribution is 5.88. The number of ether oxygens (including phenoxy) is 3. The number of hydrogen-bond donors (Lipinski definition) is 2. The van der Waals surface area contributed by atoms with Crippen molar-refractivity contribution in [3.05, 3.63) is 70.9 Å². The van der Waals surface area contributed by atoms with Crippen LogP contribution in [0.3, 0.4) is 0 Å². The number of fused-ring (bicyclic) bond motifs is 6. The van der Waals surface area contributed by atoms with E-state index in [9.17, 15) is 14.7 Å². The molecule has 3 aromatic rings. The summed E-state index contributed by atoms with van der Waals surface area (Å²) >= 11 is 0. The van der Waals surface area contributed by atoms with Gasteiger partial charge >= 0.3 is 11.9 Å². The minimum Gasteiger partial charge on any atom is -0.496 e. The van der Waals surface area contributed by atoms with Gasteiger partial charge in [0.2, 0.25) is 5.60 Å². The van der Waals surface area contributed by atoms with Crippen molar-refractivity contribution in [3.8, 4) is 5.75 Å². The van der Waals surface area contributed by atoms with Crippen molar-refractivity contribution in [2.24, 2.45) is 17.3 Å². The molecule has 0 amide bonds. The number of piperidine rings is 1. The number of aromatic nitrogens is 1. The van der Waals surface area contributed by atoms with Crippen LogP contribution in [-0.4, -0.2) is 110 Å². The van der Waals surface area contributed by atoms with Gasteiger partial charge in [-0.1, -0.05) is 50.6 Å². The first-order chi connectivity index (χ1) is 26.5. The number of aliphatic hydroxyl groups is 1. The minimum absolute atomic E-state index is 0. The Balaban J connectivity index is 0.00000441. The highest BCUT2D eigenvalue weighted by Crippen LogP contribution is 2.68. The maximum atomic E-state index is 14.3. The van der Waals surface area contributed by atoms with Gasteiger partial charge in [-0.2, -0.15) is 0 Å². The first kappa shape index (κ1) is 39.3. The van der Waals surface area contributed by atoms with Crippen molar-refractivity contribution in [1.29, 1.82) is 0 Å². The molecule has 0 radical (unpaired) electrons. The Morgan fingerprint density at radius 1 is 1.05 bits per heavy atom. The van der Waals surface area contributed by atoms with E-state index in [2.05, 4.69) is 82.1 Å². The predicted molar refractivity (Wildman–Crippen MR) is 220 cm³/mol. The van der Waals surface area contributed by atoms with E-state index in [0.717, 1.165) is 80.3 Å². The summed E-state index contributed by atoms with van der Waals surface area (Å²) in [6.07, 6.45) is 9.98. The predicted octanol–water partition coefficient (Wildman–Crippen LogP) is 6.36. The van der Waals surface area contributed by atoms with Gasteiger partial charge in [-0.05, 0) is 80.2 Å². The summed E-state index contributed by atoms with van der Waals surface area (Å²) < 4.78 is 18.0. The summed E-state index contributed by atoms with van der Waals surface area (Å²) in [6.45, 7) is 10.7. The van der Waals surface area contributed by atoms with E-state index in [1.807, 2.05) is 7.05 Å². The van der Waals surface area contributed by atoms with Gasteiger partial charge in [-0.15, -0.1) is 12.4 Å². The van der Waals surface area contributed by atoms with E-state index in [1.165, 1.54) is 55.6 Å². The third kappa shape index (κ3) is 5.37. The van der Waals surface area contributed by atoms with Gasteiger partial charge in [0, 0.05) is 96.9 Å². The van der Waals surface area contributed by atoms with Gasteiger partial charge < -0.3 is 34.1 Å². The van der Waals surface area contributed by atoms with Crippen molar-refractivity contribution < 1.29 is 28.9 Å². The quantitative estimate of drug-likeness (QED) is 0.218. The Morgan fingerprint density at radius 3 is 2.59 bits per heavy atom. The first-order valence-corrected chi connectivity index (χ1v) is 20.7. The number of benzene rings is 2. The number of para-hydroxylation sites is 1. The van der Waals surface area contributed by atoms with Crippen molar-refractivity contribution in [2.45, 2.75) is 101 Å². The van der Waals surface area contributed by atoms with Gasteiger partial charge in [0.25, 0.3) is 0 Å². The molecule has 1 aliphatic carbocycles. The molecule has 6 heterocycles. The van der Waals surface area contributed by atoms with Gasteiger partial charge in [0.15, 0.2) is 6.10 Å². The molecule has 10 nitrogen and oxygen atoms in total. The third-order valence-electron chi connectivity index (χ3n) is 15.1. The van der Waals surface area contributed by atoms with Crippen molar-refractivity contribution >= 4 is 40.9 Å². The summed E-state index contributed by atoms with van der Waals surface area (Å²) in [5.74, 6) is 0.909. The van der Waals surface area contributed by atoms with E-state index in [4.69, 9.17) is 14.2 Å². The second-order valence-corrected chi connectivity index (χ2v) is 17.6. The summed E-state index contributed by atoms with van der Waals surface area (Å²) in [7, 11) is 5.04. The Labute approximate surface area is 337 Å². The number of rotatable bonds is 6. The maximum Gasteiger partial charge on any atom is 0.344 e. The van der Waals surface area contributed by atoms with Crippen LogP contribution < -0.4 is 9.64 Å². The number of nitrogens with zero attached hydrogens (tertiary/aromatic N) is 3. The van der Waals surface area contributed by atoms with Crippen molar-refractivity contribution in [2.75, 3.05) is 58.9 Å². The molecule has 2 N–H and O–H groups in total. The number of nitrogens with one attached hydrogen (secondary N) is 1. The molecule has 1 aromatic heterocycles. The maximum absolute atomic E-state index is 14.3. The molecule has 5 aliphatic heterocycles. The van der Waals surface area contributed by atoms with E-state index in [-0.39, 0.29) is 24.4 Å². The number of aromatic amines is 1. The second kappa shape index (κ2) is 14.4. The first-order valence-electron chi connectivity index (χ1n) is 20.7. The van der Waals surface area contributed by atoms with Crippen LogP contribution in [0, 0.1) is 17.3 Å². The number of carbonyl (C=O) groups is 2. The van der Waals surface area contributed by atoms with Gasteiger partial charge in [0.1, 0.15) is 5.75 Å². The lowest BCUT2D eigenvalue weighted by Gasteiger charge is -2.63. The normalized spacial score (nSPS) is 35.8. The summed E-state index contributed by atoms with van der Waals surface area (Å²) in [5.41, 5.74) is 3.37. The number of likely N-dealkylation sites (N-methyl/N-ethyl adjacent to an activating group) is 1. The SMILES string of the molecule is CCC1CC2CCC(c3cc4c(cc3OC)N(C)C3C(O)(C(=O)OC)C(OC(C)=O)C5(CC)C=CCN6CCC43C65)c3[nH]c4ccccc4c3CCN(C1)C2.Cl. The van der Waals surface area contributed by atoms with E-state index in [1.54, 1.807) is 7.11 Å². The van der Waals surface area contributed by atoms with Crippen LogP contribution in [0.4, 0.5) is 5.69 Å². The zero-order chi connectivity index (χ0) is 38.4. The molecular formula is C45H59ClN4O6. The summed E-state index contributed by atoms with van der Waals surface area (Å²) in [6, 6.07) is 12.4. The number of H-pyrrole nitrogens is 1. The lowest BCUT2D eigenvalue weighted by Crippen LogP contribution is -2.81. The fourth-order valence-electron chi connectivity index (χ4n) is 13.1. The average Bonchev–Trinajstić information content (AvgIpc) is 3.84. The standard InChI is InChI=1S/C45H58N4O6.ClH/c1-7-28-22-29-14-15-31(38-32(16-20-48(25-28)26-29)30-12-9-10-13-35(30)46-38)33-23-34-36(24-37(33)53-5)47(4)40-44(34)18-21-49-19-11-17-43(8-2,39(44)49)41(55-27(3)50)45(40,52)42(51)54-6;/h9-13,17,23-24,28-29,31,39-41,46,52H,7-8,14-16,18-22,25-26H2,1-6H3;1H. The van der Waals surface area contributed by atoms with Crippen LogP contribution in [0.1, 0.15) is 87.6 Å². The molecule has 302 valence electrons. The van der Waals surface area contributed by atoms with Crippen LogP contribution in [0.5, 0.6) is 5.75 Å². The van der Waals surface area contributed by atoms with Gasteiger partial charge in [0.05, 0.1) is 20.3 Å². The Hall–Kier alpha value is -3.57. The van der Waals surface area contributed by atoms with Crippen molar-refractivity contribution in [1.82, 2.24) is 14.8 Å². The van der Waals surface area contributed by atoms with E-state index < -0.39 is 40.5 Å². The van der Waals surface area contributed by atoms with Crippen LogP contribution in [0.2, 0.25) is 0 Å². The molecule has 9 rings (SSSR count). The van der Waals surface area contributed by atoms with Gasteiger partial charge in [-0.3, -0.25) is 9.69 Å². The van der Waals surface area contributed by atoms with Crippen LogP contribution in [0.25, 0.3) is 10.9 Å². The van der Waals surface area contributed by atoms with Crippen molar-refractivity contribution in [3.63, 3.8) is 0 Å². The molecule has 10 unspecified atom stereocenters. The smallest absolute Gasteiger partial charge is 0.344 e. The largest absolute Gasteiger partial charge is 0.496 e. The molecule has 56 heavy (non-hydrogen) atoms. The monoisotopic (exact) mass is 786 g/mol. The van der Waals surface area contributed by atoms with Crippen LogP contribution >= 0.6 is 12.4 Å². The summed E-state index contributed by atoms with van der Waals surface area (Å²) in [4.78, 5) is 38.4. The zero-order valence-corrected chi connectivity index (χ0v) is 34.6. The molecule has 2 bridgehead atoms. The second-order valence-electron chi connectivity index (χ2n) is 17.6. The highest BCUT2D eigenvalue weighted by Gasteiger charge is 2.80. The van der Waals surface area contributed by atoms with Crippen LogP contribution in [-0.2, 0) is 30.9 Å². The highest BCUT2D eigenvalue weighted by atomic mass is 35.5. The number of hydrogen-bond acceptors (Lipinski definition) is 9. The van der Waals surface area contributed by atoms with E-state index >= 15 is 0 Å². The lowest BCUT2D eigenvalue weighted by atomic mass is 9.47. The number of anilines is 1. The number of halogens is 1. The third-order valence-corrected chi connectivity index (χ3v) is 15.1. The Kier molecular flexibility index (Phi) is 10.1. The Bertz CT molecular complexity index is 2050. The summed E-state index contributed by atoms with van der Waals surface area (Å²) in [5, 5.41) is 14.5. The molecule has 2 aromatic carbocycles. The Morgan fingerprint density at radius 2 is 1.86 bits per heavy atom. The molecule has 2 saturated heterocycles. The molecule has 1 saturated carbocycles. The molecule has 3 fully saturated rings. The van der Waals surface area contributed by atoms with E-state index in [0.29, 0.717) is 12.3 Å². The fraction of sp³-hybridized carbons (Fsp3) is 0.600. The molecule has 11 heteroatoms. The molecular weight excluding hydrogens is 728 g/mol. The van der Waals surface area contributed by atoms with Gasteiger partial charge in [-0.25, -0.2) is 4.79 Å².